The molecule has 1 unspecified atom stereocenters. The van der Waals surface area contributed by atoms with E-state index in [1.54, 1.807) is 11.3 Å². The van der Waals surface area contributed by atoms with Gasteiger partial charge in [-0.05, 0) is 58.8 Å². The van der Waals surface area contributed by atoms with Crippen LogP contribution in [0, 0.1) is 12.1 Å². The Bertz CT molecular complexity index is 3670. The van der Waals surface area contributed by atoms with Gasteiger partial charge < -0.3 is 14.6 Å². The van der Waals surface area contributed by atoms with Gasteiger partial charge >= 0.3 is 141 Å². The molecule has 0 spiro atoms. The van der Waals surface area contributed by atoms with E-state index in [4.69, 9.17) is 16.1 Å². The molecule has 0 bridgehead atoms. The molecule has 66 heavy (non-hydrogen) atoms. The van der Waals surface area contributed by atoms with Crippen LogP contribution in [-0.4, -0.2) is 23.2 Å². The molecule has 8 heteroatoms. The van der Waals surface area contributed by atoms with Crippen molar-refractivity contribution in [3.05, 3.63) is 186 Å². The van der Waals surface area contributed by atoms with Crippen LogP contribution < -0.4 is 9.30 Å². The topological polar surface area (TPSA) is 56.3 Å². The quantitative estimate of drug-likeness (QED) is 0.0946. The number of rotatable bonds is 6. The predicted octanol–water partition coefficient (Wildman–Crippen LogP) is 16.6. The SMILES string of the molecule is CC(C)c1ccc2c(c1)oc1cc(N3c4ccccc4[N-]C3c3[c-]ccc4c3sc3nc5c(ccc6ccccc65)cc34)ccc12.[2H]C(C)(C)c1cc(-c2[c-]cccc2)nc[c]1[Ge]([CH3])([CH3])[CH3].[Ir+3]. The summed E-state index contributed by atoms with van der Waals surface area (Å²) in [6, 6.07) is 57.7. The Labute approximate surface area is 408 Å². The molecule has 7 aromatic carbocycles. The van der Waals surface area contributed by atoms with Crippen molar-refractivity contribution in [1.29, 1.82) is 0 Å². The van der Waals surface area contributed by atoms with Crippen molar-refractivity contribution >= 4 is 110 Å². The van der Waals surface area contributed by atoms with Crippen LogP contribution in [0.25, 0.3) is 80.5 Å². The van der Waals surface area contributed by atoms with E-state index in [-0.39, 0.29) is 26.3 Å². The van der Waals surface area contributed by atoms with Crippen LogP contribution in [0.4, 0.5) is 17.1 Å². The number of fused-ring (bicyclic) bond motifs is 10. The van der Waals surface area contributed by atoms with Gasteiger partial charge in [-0.3, -0.25) is 0 Å². The van der Waals surface area contributed by atoms with Gasteiger partial charge in [0, 0.05) is 39.0 Å². The molecule has 0 saturated heterocycles. The first-order chi connectivity index (χ1) is 31.8. The van der Waals surface area contributed by atoms with E-state index in [1.165, 1.54) is 36.2 Å². The third-order valence-electron chi connectivity index (χ3n) is 12.7. The third kappa shape index (κ3) is 7.80. The second-order valence-electron chi connectivity index (χ2n) is 18.6. The van der Waals surface area contributed by atoms with Gasteiger partial charge in [-0.15, -0.1) is 16.6 Å². The van der Waals surface area contributed by atoms with E-state index in [0.717, 1.165) is 77.1 Å². The average molecular weight is 1120 g/mol. The standard InChI is InChI=1S/C41H27N3OS.C17H22GeN.Ir/c1-23(2)25-16-18-29-30-19-17-27(22-37(30)45-36(29)21-25)44-35-13-6-5-12-34(35)42-40(44)32-11-7-10-31-33-20-26-15-14-24-8-3-4-9-28(24)38(26)43-41(33)46-39(31)32;1-13(2)15-11-17(14-9-7-6-8-10-14)19-12-16(15)18(3,4)5;/h3-10,12-23,40H,1-2H3;6-9,11-13H,1-5H3;/q-2;-1;+3/i;13D;. The molecule has 0 aliphatic carbocycles. The van der Waals surface area contributed by atoms with Crippen LogP contribution in [0.3, 0.4) is 0 Å². The summed E-state index contributed by atoms with van der Waals surface area (Å²) in [5.41, 5.74) is 11.3. The Morgan fingerprint density at radius 2 is 1.48 bits per heavy atom. The molecule has 0 radical (unpaired) electrons. The molecule has 1 aliphatic rings. The molecule has 326 valence electrons. The molecule has 4 aromatic heterocycles. The van der Waals surface area contributed by atoms with Crippen molar-refractivity contribution in [3.63, 3.8) is 0 Å². The summed E-state index contributed by atoms with van der Waals surface area (Å²) in [7, 11) is 0. The van der Waals surface area contributed by atoms with Crippen LogP contribution in [0.15, 0.2) is 156 Å². The van der Waals surface area contributed by atoms with Gasteiger partial charge in [0.05, 0.1) is 5.52 Å². The van der Waals surface area contributed by atoms with Crippen LogP contribution >= 0.6 is 11.3 Å². The molecule has 12 rings (SSSR count). The van der Waals surface area contributed by atoms with Gasteiger partial charge in [0.1, 0.15) is 16.0 Å². The number of anilines is 2. The van der Waals surface area contributed by atoms with Crippen molar-refractivity contribution in [2.45, 2.75) is 62.9 Å². The van der Waals surface area contributed by atoms with Crippen molar-refractivity contribution in [2.24, 2.45) is 0 Å². The molecule has 0 fully saturated rings. The fourth-order valence-corrected chi connectivity index (χ4v) is 13.8. The minimum absolute atomic E-state index is 0. The smallest absolute Gasteiger partial charge is 3.00 e. The first-order valence-electron chi connectivity index (χ1n) is 22.9. The van der Waals surface area contributed by atoms with E-state index in [1.807, 2.05) is 50.4 Å². The summed E-state index contributed by atoms with van der Waals surface area (Å²) in [6.07, 6.45) is 1.72. The average Bonchev–Trinajstić information content (AvgIpc) is 4.01. The normalized spacial score (nSPS) is 14.2. The Hall–Kier alpha value is -5.83. The van der Waals surface area contributed by atoms with E-state index in [9.17, 15) is 0 Å². The largest absolute Gasteiger partial charge is 3.00 e. The summed E-state index contributed by atoms with van der Waals surface area (Å²) in [6.45, 7) is 8.34. The molecule has 1 atom stereocenters. The number of hydrogen-bond donors (Lipinski definition) is 0. The molecular formula is C58H49GeIrN4OS. The molecule has 0 amide bonds. The molecule has 0 saturated carbocycles. The van der Waals surface area contributed by atoms with Gasteiger partial charge in [-0.2, -0.15) is 29.5 Å². The summed E-state index contributed by atoms with van der Waals surface area (Å²) in [5.74, 6) is 6.89. The maximum atomic E-state index is 8.44. The second-order valence-corrected chi connectivity index (χ2v) is 30.2. The van der Waals surface area contributed by atoms with E-state index < -0.39 is 19.2 Å². The van der Waals surface area contributed by atoms with Gasteiger partial charge in [0.25, 0.3) is 0 Å². The summed E-state index contributed by atoms with van der Waals surface area (Å²) < 4.78 is 17.4. The summed E-state index contributed by atoms with van der Waals surface area (Å²) in [4.78, 5) is 13.2. The minimum atomic E-state index is -2.03. The van der Waals surface area contributed by atoms with Crippen molar-refractivity contribution < 1.29 is 25.9 Å². The van der Waals surface area contributed by atoms with Gasteiger partial charge in [0.15, 0.2) is 0 Å². The summed E-state index contributed by atoms with van der Waals surface area (Å²) >= 11 is -0.290. The van der Waals surface area contributed by atoms with Gasteiger partial charge in [0.2, 0.25) is 0 Å². The molecule has 5 nitrogen and oxygen atoms in total. The fraction of sp³-hybridized carbons (Fsp3) is 0.172. The molecule has 11 aromatic rings. The van der Waals surface area contributed by atoms with Crippen molar-refractivity contribution in [2.75, 3.05) is 4.90 Å². The van der Waals surface area contributed by atoms with E-state index in [2.05, 4.69) is 168 Å². The Morgan fingerprint density at radius 3 is 2.27 bits per heavy atom. The third-order valence-corrected chi connectivity index (χ3v) is 18.1. The Kier molecular flexibility index (Phi) is 11.3. The number of para-hydroxylation sites is 2. The predicted molar refractivity (Wildman–Crippen MR) is 279 cm³/mol. The van der Waals surface area contributed by atoms with Crippen molar-refractivity contribution in [1.82, 2.24) is 9.97 Å². The summed E-state index contributed by atoms with van der Waals surface area (Å²) in [5, 5.41) is 13.5. The van der Waals surface area contributed by atoms with Gasteiger partial charge in [-0.1, -0.05) is 85.3 Å². The monoisotopic (exact) mass is 1120 g/mol. The van der Waals surface area contributed by atoms with Crippen LogP contribution in [0.2, 0.25) is 17.3 Å². The van der Waals surface area contributed by atoms with Crippen LogP contribution in [0.5, 0.6) is 0 Å². The Balaban J connectivity index is 0.000000212. The van der Waals surface area contributed by atoms with E-state index >= 15 is 0 Å². The van der Waals surface area contributed by atoms with Gasteiger partial charge in [-0.25, -0.2) is 4.98 Å². The number of pyridine rings is 2. The second kappa shape index (κ2) is 17.4. The zero-order valence-corrected chi connectivity index (χ0v) is 43.3. The number of thiophene rings is 1. The molecule has 5 heterocycles. The maximum absolute atomic E-state index is 8.44. The van der Waals surface area contributed by atoms with E-state index in [0.29, 0.717) is 5.92 Å². The molecule has 0 N–H and O–H groups in total. The maximum Gasteiger partial charge on any atom is 3.00 e. The zero-order valence-electron chi connectivity index (χ0n) is 39.0. The van der Waals surface area contributed by atoms with Crippen LogP contribution in [-0.2, 0) is 20.1 Å². The molecular weight excluding hydrogens is 1070 g/mol. The van der Waals surface area contributed by atoms with Crippen LogP contribution in [0.1, 0.15) is 63.7 Å². The number of nitrogens with zero attached hydrogens (tertiary/aromatic N) is 4. The number of aromatic nitrogens is 2. The number of furan rings is 1. The minimum Gasteiger partial charge on any atom is 3.00 e. The first-order valence-corrected chi connectivity index (χ1v) is 30.5. The molecule has 1 aliphatic heterocycles. The Morgan fingerprint density at radius 1 is 0.727 bits per heavy atom. The number of benzene rings is 7. The first kappa shape index (κ1) is 42.8. The van der Waals surface area contributed by atoms with Crippen molar-refractivity contribution in [3.8, 4) is 11.3 Å². The fourth-order valence-electron chi connectivity index (χ4n) is 9.30. The zero-order chi connectivity index (χ0) is 45.5. The number of hydrogen-bond acceptors (Lipinski definition) is 5.